The molecule has 0 saturated heterocycles. The molecule has 0 radical (unpaired) electrons. The van der Waals surface area contributed by atoms with Crippen LogP contribution in [0.2, 0.25) is 0 Å². The number of ether oxygens (including phenoxy) is 1. The fraction of sp³-hybridized carbons (Fsp3) is 0.455. The van der Waals surface area contributed by atoms with Crippen molar-refractivity contribution in [3.63, 3.8) is 0 Å². The zero-order chi connectivity index (χ0) is 11.1. The lowest BCUT2D eigenvalue weighted by Gasteiger charge is -2.16. The fourth-order valence-electron chi connectivity index (χ4n) is 1.19. The molecule has 4 heteroatoms. The number of hydrogen-bond acceptors (Lipinski definition) is 4. The van der Waals surface area contributed by atoms with E-state index in [1.165, 1.54) is 0 Å². The molecule has 1 rings (SSSR count). The summed E-state index contributed by atoms with van der Waals surface area (Å²) in [5.74, 6) is 0.696. The van der Waals surface area contributed by atoms with Crippen molar-refractivity contribution in [2.75, 3.05) is 25.1 Å². The van der Waals surface area contributed by atoms with E-state index in [1.54, 1.807) is 13.1 Å². The summed E-state index contributed by atoms with van der Waals surface area (Å²) in [6, 6.07) is 5.69. The summed E-state index contributed by atoms with van der Waals surface area (Å²) in [7, 11) is 1.90. The highest BCUT2D eigenvalue weighted by atomic mass is 16.5. The van der Waals surface area contributed by atoms with Gasteiger partial charge in [-0.25, -0.2) is 4.98 Å². The number of nitrogens with zero attached hydrogens (tertiary/aromatic N) is 2. The minimum absolute atomic E-state index is 0.166. The Balaban J connectivity index is 2.37. The third kappa shape index (κ3) is 3.97. The molecule has 0 saturated carbocycles. The highest BCUT2D eigenvalue weighted by molar-refractivity contribution is 5.70. The Labute approximate surface area is 89.9 Å². The first-order chi connectivity index (χ1) is 7.24. The molecule has 0 unspecified atom stereocenters. The molecule has 1 aromatic rings. The number of hydrogen-bond donors (Lipinski definition) is 0. The average Bonchev–Trinajstić information content (AvgIpc) is 2.27. The number of aromatic nitrogens is 1. The van der Waals surface area contributed by atoms with Gasteiger partial charge in [0, 0.05) is 19.8 Å². The molecule has 0 aromatic carbocycles. The van der Waals surface area contributed by atoms with Crippen molar-refractivity contribution in [3.05, 3.63) is 24.4 Å². The second-order valence-corrected chi connectivity index (χ2v) is 3.16. The largest absolute Gasteiger partial charge is 0.466 e. The third-order valence-electron chi connectivity index (χ3n) is 2.00. The van der Waals surface area contributed by atoms with E-state index in [0.717, 1.165) is 5.82 Å². The highest BCUT2D eigenvalue weighted by Gasteiger charge is 2.05. The number of carbonyl (C=O) groups excluding carboxylic acids is 1. The standard InChI is InChI=1S/C11H16N2O2/c1-3-15-11(14)7-9-13(2)10-6-4-5-8-12-10/h4-6,8H,3,7,9H2,1-2H3. The summed E-state index contributed by atoms with van der Waals surface area (Å²) >= 11 is 0. The monoisotopic (exact) mass is 208 g/mol. The van der Waals surface area contributed by atoms with Gasteiger partial charge in [-0.3, -0.25) is 4.79 Å². The van der Waals surface area contributed by atoms with Crippen LogP contribution in [0.4, 0.5) is 5.82 Å². The molecule has 0 spiro atoms. The predicted molar refractivity (Wildman–Crippen MR) is 58.8 cm³/mol. The van der Waals surface area contributed by atoms with Gasteiger partial charge >= 0.3 is 5.97 Å². The van der Waals surface area contributed by atoms with Crippen molar-refractivity contribution >= 4 is 11.8 Å². The van der Waals surface area contributed by atoms with Crippen LogP contribution in [0.3, 0.4) is 0 Å². The van der Waals surface area contributed by atoms with Gasteiger partial charge in [0.1, 0.15) is 5.82 Å². The summed E-state index contributed by atoms with van der Waals surface area (Å²) in [6.07, 6.45) is 2.12. The van der Waals surface area contributed by atoms with Crippen molar-refractivity contribution in [1.29, 1.82) is 0 Å². The Kier molecular flexibility index (Phi) is 4.60. The number of esters is 1. The van der Waals surface area contributed by atoms with Gasteiger partial charge in [0.05, 0.1) is 13.0 Å². The van der Waals surface area contributed by atoms with Gasteiger partial charge in [0.2, 0.25) is 0 Å². The molecule has 0 fully saturated rings. The fourth-order valence-corrected chi connectivity index (χ4v) is 1.19. The van der Waals surface area contributed by atoms with E-state index in [4.69, 9.17) is 4.74 Å². The highest BCUT2D eigenvalue weighted by Crippen LogP contribution is 2.06. The van der Waals surface area contributed by atoms with Gasteiger partial charge in [0.25, 0.3) is 0 Å². The quantitative estimate of drug-likeness (QED) is 0.687. The van der Waals surface area contributed by atoms with Gasteiger partial charge in [-0.1, -0.05) is 6.07 Å². The van der Waals surface area contributed by atoms with Crippen LogP contribution in [0.15, 0.2) is 24.4 Å². The number of pyridine rings is 1. The van der Waals surface area contributed by atoms with Crippen LogP contribution >= 0.6 is 0 Å². The van der Waals surface area contributed by atoms with Gasteiger partial charge < -0.3 is 9.64 Å². The molecule has 1 aromatic heterocycles. The summed E-state index contributed by atoms with van der Waals surface area (Å²) < 4.78 is 4.84. The van der Waals surface area contributed by atoms with E-state index < -0.39 is 0 Å². The minimum atomic E-state index is -0.166. The zero-order valence-corrected chi connectivity index (χ0v) is 9.14. The number of carbonyl (C=O) groups is 1. The Bertz CT molecular complexity index is 301. The Morgan fingerprint density at radius 3 is 2.93 bits per heavy atom. The van der Waals surface area contributed by atoms with Gasteiger partial charge in [-0.2, -0.15) is 0 Å². The van der Waals surface area contributed by atoms with E-state index in [-0.39, 0.29) is 5.97 Å². The maximum absolute atomic E-state index is 11.1. The van der Waals surface area contributed by atoms with Crippen molar-refractivity contribution in [2.24, 2.45) is 0 Å². The lowest BCUT2D eigenvalue weighted by molar-refractivity contribution is -0.142. The van der Waals surface area contributed by atoms with Crippen LogP contribution in [-0.4, -0.2) is 31.2 Å². The van der Waals surface area contributed by atoms with E-state index >= 15 is 0 Å². The molecular formula is C11H16N2O2. The van der Waals surface area contributed by atoms with Crippen molar-refractivity contribution in [2.45, 2.75) is 13.3 Å². The molecule has 0 atom stereocenters. The normalized spacial score (nSPS) is 9.73. The second kappa shape index (κ2) is 6.01. The minimum Gasteiger partial charge on any atom is -0.466 e. The molecule has 0 aliphatic rings. The third-order valence-corrected chi connectivity index (χ3v) is 2.00. The lowest BCUT2D eigenvalue weighted by Crippen LogP contribution is -2.22. The van der Waals surface area contributed by atoms with Gasteiger partial charge in [-0.15, -0.1) is 0 Å². The van der Waals surface area contributed by atoms with Crippen LogP contribution in [0.25, 0.3) is 0 Å². The summed E-state index contributed by atoms with van der Waals surface area (Å²) in [5, 5.41) is 0. The lowest BCUT2D eigenvalue weighted by atomic mass is 10.3. The predicted octanol–water partition coefficient (Wildman–Crippen LogP) is 1.47. The van der Waals surface area contributed by atoms with E-state index in [1.807, 2.05) is 30.1 Å². The smallest absolute Gasteiger partial charge is 0.307 e. The first-order valence-electron chi connectivity index (χ1n) is 5.02. The summed E-state index contributed by atoms with van der Waals surface area (Å²) in [6.45, 7) is 2.86. The topological polar surface area (TPSA) is 42.4 Å². The van der Waals surface area contributed by atoms with E-state index in [0.29, 0.717) is 19.6 Å². The first kappa shape index (κ1) is 11.5. The second-order valence-electron chi connectivity index (χ2n) is 3.16. The van der Waals surface area contributed by atoms with E-state index in [9.17, 15) is 4.79 Å². The summed E-state index contributed by atoms with van der Waals surface area (Å²) in [4.78, 5) is 17.2. The Morgan fingerprint density at radius 1 is 1.53 bits per heavy atom. The molecule has 15 heavy (non-hydrogen) atoms. The van der Waals surface area contributed by atoms with Crippen LogP contribution < -0.4 is 4.90 Å². The molecule has 0 aliphatic carbocycles. The Hall–Kier alpha value is -1.58. The van der Waals surface area contributed by atoms with Crippen molar-refractivity contribution in [1.82, 2.24) is 4.98 Å². The first-order valence-corrected chi connectivity index (χ1v) is 5.02. The van der Waals surface area contributed by atoms with Gasteiger partial charge in [0.15, 0.2) is 0 Å². The van der Waals surface area contributed by atoms with E-state index in [2.05, 4.69) is 4.98 Å². The maximum Gasteiger partial charge on any atom is 0.307 e. The van der Waals surface area contributed by atoms with Gasteiger partial charge in [-0.05, 0) is 19.1 Å². The maximum atomic E-state index is 11.1. The van der Waals surface area contributed by atoms with Crippen LogP contribution in [0, 0.1) is 0 Å². The molecule has 0 N–H and O–H groups in total. The molecule has 0 bridgehead atoms. The molecule has 1 heterocycles. The van der Waals surface area contributed by atoms with Crippen LogP contribution in [-0.2, 0) is 9.53 Å². The molecule has 4 nitrogen and oxygen atoms in total. The Morgan fingerprint density at radius 2 is 2.33 bits per heavy atom. The zero-order valence-electron chi connectivity index (χ0n) is 9.14. The van der Waals surface area contributed by atoms with Crippen molar-refractivity contribution < 1.29 is 9.53 Å². The van der Waals surface area contributed by atoms with Crippen molar-refractivity contribution in [3.8, 4) is 0 Å². The number of rotatable bonds is 5. The summed E-state index contributed by atoms with van der Waals surface area (Å²) in [5.41, 5.74) is 0. The average molecular weight is 208 g/mol. The molecule has 0 amide bonds. The van der Waals surface area contributed by atoms with Crippen LogP contribution in [0.5, 0.6) is 0 Å². The van der Waals surface area contributed by atoms with Crippen LogP contribution in [0.1, 0.15) is 13.3 Å². The molecule has 82 valence electrons. The molecular weight excluding hydrogens is 192 g/mol. The number of anilines is 1. The SMILES string of the molecule is CCOC(=O)CCN(C)c1ccccn1. The molecule has 0 aliphatic heterocycles.